The molecule has 0 aliphatic carbocycles. The number of sulfonamides is 1. The number of hydrogen-bond donors (Lipinski definition) is 1. The van der Waals surface area contributed by atoms with Gasteiger partial charge in [-0.2, -0.15) is 0 Å². The average Bonchev–Trinajstić information content (AvgIpc) is 2.55. The number of nitrogens with two attached hydrogens (primary N) is 1. The van der Waals surface area contributed by atoms with E-state index in [1.54, 1.807) is 24.3 Å². The minimum atomic E-state index is -3.76. The molecular weight excluding hydrogens is 284 g/mol. The number of thiophene rings is 1. The van der Waals surface area contributed by atoms with E-state index in [1.165, 1.54) is 0 Å². The fraction of sp³-hybridized carbons (Fsp3) is 0.583. The lowest BCUT2D eigenvalue weighted by Crippen LogP contribution is -2.34. The number of nitrogens with zero attached hydrogens (tertiary/aromatic N) is 1. The standard InChI is InChI=1S/C12H20N2O3S2/c1-8-9(6-18-11(8)19(13,16)17)10(15)14(5)7-12(2,3)4/h6H,7H2,1-5H3,(H2,13,16,17). The number of carbonyl (C=O) groups excluding carboxylic acids is 1. The molecule has 1 amide bonds. The fourth-order valence-corrected chi connectivity index (χ4v) is 3.89. The van der Waals surface area contributed by atoms with E-state index in [0.29, 0.717) is 17.7 Å². The summed E-state index contributed by atoms with van der Waals surface area (Å²) in [7, 11) is -2.05. The van der Waals surface area contributed by atoms with Gasteiger partial charge in [0.1, 0.15) is 4.21 Å². The van der Waals surface area contributed by atoms with Crippen LogP contribution in [0.5, 0.6) is 0 Å². The molecule has 7 heteroatoms. The molecule has 0 aliphatic heterocycles. The Morgan fingerprint density at radius 2 is 1.95 bits per heavy atom. The third-order valence-electron chi connectivity index (χ3n) is 2.54. The molecule has 2 N–H and O–H groups in total. The van der Waals surface area contributed by atoms with Crippen LogP contribution in [0.4, 0.5) is 0 Å². The first-order valence-corrected chi connectivity index (χ1v) is 8.22. The van der Waals surface area contributed by atoms with Crippen molar-refractivity contribution < 1.29 is 13.2 Å². The quantitative estimate of drug-likeness (QED) is 0.925. The molecule has 0 atom stereocenters. The molecule has 1 aromatic heterocycles. The molecule has 1 rings (SSSR count). The van der Waals surface area contributed by atoms with Crippen LogP contribution >= 0.6 is 11.3 Å². The summed E-state index contributed by atoms with van der Waals surface area (Å²) in [5, 5.41) is 6.66. The van der Waals surface area contributed by atoms with Gasteiger partial charge in [0.05, 0.1) is 5.56 Å². The SMILES string of the molecule is Cc1c(C(=O)N(C)CC(C)(C)C)csc1S(N)(=O)=O. The Labute approximate surface area is 118 Å². The number of hydrogen-bond acceptors (Lipinski definition) is 4. The van der Waals surface area contributed by atoms with E-state index in [1.807, 2.05) is 20.8 Å². The van der Waals surface area contributed by atoms with Crippen LogP contribution in [0.2, 0.25) is 0 Å². The predicted octanol–water partition coefficient (Wildman–Crippen LogP) is 1.82. The summed E-state index contributed by atoms with van der Waals surface area (Å²) in [5.41, 5.74) is 0.816. The molecule has 0 radical (unpaired) electrons. The number of primary sulfonamides is 1. The van der Waals surface area contributed by atoms with E-state index in [0.717, 1.165) is 11.3 Å². The Kier molecular flexibility index (Phi) is 4.44. The summed E-state index contributed by atoms with van der Waals surface area (Å²) in [5.74, 6) is -0.182. The van der Waals surface area contributed by atoms with Gasteiger partial charge >= 0.3 is 0 Å². The largest absolute Gasteiger partial charge is 0.341 e. The molecule has 19 heavy (non-hydrogen) atoms. The maximum absolute atomic E-state index is 12.3. The molecule has 0 aliphatic rings. The Morgan fingerprint density at radius 3 is 2.32 bits per heavy atom. The molecule has 1 aromatic rings. The van der Waals surface area contributed by atoms with Gasteiger partial charge in [0.25, 0.3) is 5.91 Å². The smallest absolute Gasteiger partial charge is 0.254 e. The molecule has 1 heterocycles. The summed E-state index contributed by atoms with van der Waals surface area (Å²) in [6.07, 6.45) is 0. The summed E-state index contributed by atoms with van der Waals surface area (Å²) in [4.78, 5) is 13.9. The van der Waals surface area contributed by atoms with Crippen molar-refractivity contribution in [1.82, 2.24) is 4.90 Å². The van der Waals surface area contributed by atoms with Crippen molar-refractivity contribution in [2.24, 2.45) is 10.6 Å². The van der Waals surface area contributed by atoms with Crippen molar-refractivity contribution in [1.29, 1.82) is 0 Å². The second-order valence-corrected chi connectivity index (χ2v) is 8.47. The highest BCUT2D eigenvalue weighted by Gasteiger charge is 2.24. The van der Waals surface area contributed by atoms with Crippen molar-refractivity contribution in [3.05, 3.63) is 16.5 Å². The van der Waals surface area contributed by atoms with Gasteiger partial charge in [0.15, 0.2) is 0 Å². The lowest BCUT2D eigenvalue weighted by atomic mass is 9.96. The topological polar surface area (TPSA) is 80.5 Å². The Hall–Kier alpha value is -0.920. The van der Waals surface area contributed by atoms with Crippen molar-refractivity contribution in [3.8, 4) is 0 Å². The van der Waals surface area contributed by atoms with Crippen LogP contribution in [0.3, 0.4) is 0 Å². The zero-order valence-electron chi connectivity index (χ0n) is 11.9. The number of rotatable bonds is 3. The third kappa shape index (κ3) is 4.02. The average molecular weight is 304 g/mol. The van der Waals surface area contributed by atoms with E-state index in [-0.39, 0.29) is 15.5 Å². The van der Waals surface area contributed by atoms with Gasteiger partial charge in [0.2, 0.25) is 10.0 Å². The monoisotopic (exact) mass is 304 g/mol. The first-order valence-electron chi connectivity index (χ1n) is 5.80. The third-order valence-corrected chi connectivity index (χ3v) is 5.22. The summed E-state index contributed by atoms with van der Waals surface area (Å²) < 4.78 is 22.8. The minimum absolute atomic E-state index is 0.0168. The maximum Gasteiger partial charge on any atom is 0.254 e. The van der Waals surface area contributed by atoms with E-state index >= 15 is 0 Å². The molecule has 0 spiro atoms. The van der Waals surface area contributed by atoms with Crippen LogP contribution in [-0.2, 0) is 10.0 Å². The van der Waals surface area contributed by atoms with E-state index in [4.69, 9.17) is 5.14 Å². The van der Waals surface area contributed by atoms with Crippen molar-refractivity contribution in [2.75, 3.05) is 13.6 Å². The molecule has 0 saturated carbocycles. The van der Waals surface area contributed by atoms with Gasteiger partial charge < -0.3 is 4.90 Å². The summed E-state index contributed by atoms with van der Waals surface area (Å²) in [6.45, 7) is 8.30. The minimum Gasteiger partial charge on any atom is -0.341 e. The number of amides is 1. The Morgan fingerprint density at radius 1 is 1.42 bits per heavy atom. The lowest BCUT2D eigenvalue weighted by molar-refractivity contribution is 0.0745. The molecule has 0 saturated heterocycles. The van der Waals surface area contributed by atoms with Gasteiger partial charge in [0, 0.05) is 19.0 Å². The predicted molar refractivity (Wildman–Crippen MR) is 76.8 cm³/mol. The molecule has 0 unspecified atom stereocenters. The van der Waals surface area contributed by atoms with Crippen molar-refractivity contribution in [3.63, 3.8) is 0 Å². The van der Waals surface area contributed by atoms with Gasteiger partial charge in [-0.1, -0.05) is 20.8 Å². The molecule has 0 bridgehead atoms. The molecule has 0 aromatic carbocycles. The maximum atomic E-state index is 12.3. The highest BCUT2D eigenvalue weighted by molar-refractivity contribution is 7.91. The number of carbonyl (C=O) groups is 1. The van der Waals surface area contributed by atoms with Crippen LogP contribution in [0.1, 0.15) is 36.7 Å². The van der Waals surface area contributed by atoms with Crippen LogP contribution in [0, 0.1) is 12.3 Å². The van der Waals surface area contributed by atoms with Gasteiger partial charge in [-0.25, -0.2) is 13.6 Å². The second-order valence-electron chi connectivity index (χ2n) is 5.83. The van der Waals surface area contributed by atoms with Gasteiger partial charge in [-0.05, 0) is 17.9 Å². The fourth-order valence-electron chi connectivity index (χ4n) is 1.88. The zero-order valence-corrected chi connectivity index (χ0v) is 13.5. The molecule has 108 valence electrons. The molecule has 0 fully saturated rings. The normalized spacial score (nSPS) is 12.5. The first-order chi connectivity index (χ1) is 8.43. The highest BCUT2D eigenvalue weighted by atomic mass is 32.2. The molecular formula is C12H20N2O3S2. The second kappa shape index (κ2) is 5.22. The Balaban J connectivity index is 3.06. The summed E-state index contributed by atoms with van der Waals surface area (Å²) >= 11 is 0.986. The van der Waals surface area contributed by atoms with Crippen LogP contribution < -0.4 is 5.14 Å². The Bertz CT molecular complexity index is 583. The van der Waals surface area contributed by atoms with Gasteiger partial charge in [-0.15, -0.1) is 11.3 Å². The zero-order chi connectivity index (χ0) is 15.0. The highest BCUT2D eigenvalue weighted by Crippen LogP contribution is 2.27. The van der Waals surface area contributed by atoms with Crippen molar-refractivity contribution in [2.45, 2.75) is 31.9 Å². The molecule has 5 nitrogen and oxygen atoms in total. The lowest BCUT2D eigenvalue weighted by Gasteiger charge is -2.26. The van der Waals surface area contributed by atoms with Crippen LogP contribution in [0.25, 0.3) is 0 Å². The van der Waals surface area contributed by atoms with E-state index < -0.39 is 10.0 Å². The summed E-state index contributed by atoms with van der Waals surface area (Å²) in [6, 6.07) is 0. The first kappa shape index (κ1) is 16.1. The van der Waals surface area contributed by atoms with Crippen LogP contribution in [0.15, 0.2) is 9.59 Å². The van der Waals surface area contributed by atoms with E-state index in [9.17, 15) is 13.2 Å². The van der Waals surface area contributed by atoms with Crippen LogP contribution in [-0.4, -0.2) is 32.8 Å². The van der Waals surface area contributed by atoms with E-state index in [2.05, 4.69) is 0 Å². The van der Waals surface area contributed by atoms with Gasteiger partial charge in [-0.3, -0.25) is 4.79 Å². The van der Waals surface area contributed by atoms with Crippen molar-refractivity contribution >= 4 is 27.3 Å².